The topological polar surface area (TPSA) is 38.9 Å². The SMILES string of the molecule is CCC1(C(N)c2cccc3ccncc23)CCCC1. The Morgan fingerprint density at radius 3 is 2.79 bits per heavy atom. The molecule has 1 aromatic heterocycles. The second-order valence-electron chi connectivity index (χ2n) is 5.84. The smallest absolute Gasteiger partial charge is 0.0358 e. The van der Waals surface area contributed by atoms with Crippen LogP contribution in [0.2, 0.25) is 0 Å². The van der Waals surface area contributed by atoms with Crippen molar-refractivity contribution in [2.75, 3.05) is 0 Å². The van der Waals surface area contributed by atoms with Gasteiger partial charge in [0.2, 0.25) is 0 Å². The van der Waals surface area contributed by atoms with Crippen molar-refractivity contribution in [2.45, 2.75) is 45.1 Å². The Balaban J connectivity index is 2.08. The van der Waals surface area contributed by atoms with Crippen LogP contribution < -0.4 is 5.73 Å². The predicted molar refractivity (Wildman–Crippen MR) is 79.9 cm³/mol. The highest BCUT2D eigenvalue weighted by Gasteiger charge is 2.38. The zero-order valence-corrected chi connectivity index (χ0v) is 11.6. The highest BCUT2D eigenvalue weighted by atomic mass is 14.7. The van der Waals surface area contributed by atoms with Gasteiger partial charge in [-0.25, -0.2) is 0 Å². The summed E-state index contributed by atoms with van der Waals surface area (Å²) in [7, 11) is 0. The molecule has 0 bridgehead atoms. The number of nitrogens with zero attached hydrogens (tertiary/aromatic N) is 1. The maximum atomic E-state index is 6.68. The highest BCUT2D eigenvalue weighted by molar-refractivity contribution is 5.85. The first kappa shape index (κ1) is 12.6. The van der Waals surface area contributed by atoms with E-state index in [1.54, 1.807) is 0 Å². The number of aromatic nitrogens is 1. The van der Waals surface area contributed by atoms with Gasteiger partial charge in [-0.05, 0) is 41.7 Å². The van der Waals surface area contributed by atoms with E-state index in [1.807, 2.05) is 12.4 Å². The van der Waals surface area contributed by atoms with Crippen molar-refractivity contribution in [3.8, 4) is 0 Å². The van der Waals surface area contributed by atoms with Crippen LogP contribution in [-0.2, 0) is 0 Å². The summed E-state index contributed by atoms with van der Waals surface area (Å²) in [6, 6.07) is 8.65. The lowest BCUT2D eigenvalue weighted by molar-refractivity contribution is 0.223. The van der Waals surface area contributed by atoms with Crippen molar-refractivity contribution in [1.29, 1.82) is 0 Å². The van der Waals surface area contributed by atoms with Gasteiger partial charge in [-0.1, -0.05) is 38.0 Å². The molecule has 0 saturated heterocycles. The lowest BCUT2D eigenvalue weighted by Crippen LogP contribution is -2.31. The third-order valence-electron chi connectivity index (χ3n) is 5.02. The zero-order chi connectivity index (χ0) is 13.3. The van der Waals surface area contributed by atoms with Crippen LogP contribution in [0.25, 0.3) is 10.8 Å². The first-order chi connectivity index (χ1) is 9.27. The van der Waals surface area contributed by atoms with Crippen LogP contribution in [0.1, 0.15) is 50.6 Å². The number of fused-ring (bicyclic) bond motifs is 1. The molecule has 2 nitrogen and oxygen atoms in total. The normalized spacial score (nSPS) is 19.7. The first-order valence-corrected chi connectivity index (χ1v) is 7.35. The van der Waals surface area contributed by atoms with E-state index in [2.05, 4.69) is 36.2 Å². The summed E-state index contributed by atoms with van der Waals surface area (Å²) in [5.74, 6) is 0. The standard InChI is InChI=1S/C17H22N2/c1-2-17(9-3-4-10-17)16(18)14-7-5-6-13-8-11-19-12-15(13)14/h5-8,11-12,16H,2-4,9-10,18H2,1H3. The monoisotopic (exact) mass is 254 g/mol. The van der Waals surface area contributed by atoms with Crippen LogP contribution in [0.4, 0.5) is 0 Å². The summed E-state index contributed by atoms with van der Waals surface area (Å²) in [6.07, 6.45) is 10.2. The summed E-state index contributed by atoms with van der Waals surface area (Å²) in [5, 5.41) is 2.46. The molecule has 1 saturated carbocycles. The number of benzene rings is 1. The minimum atomic E-state index is 0.132. The minimum absolute atomic E-state index is 0.132. The van der Waals surface area contributed by atoms with Gasteiger partial charge in [0, 0.05) is 23.8 Å². The van der Waals surface area contributed by atoms with Crippen molar-refractivity contribution in [3.05, 3.63) is 42.2 Å². The number of hydrogen-bond acceptors (Lipinski definition) is 2. The van der Waals surface area contributed by atoms with Crippen molar-refractivity contribution < 1.29 is 0 Å². The lowest BCUT2D eigenvalue weighted by Gasteiger charge is -2.35. The molecule has 0 aliphatic heterocycles. The molecule has 1 aliphatic rings. The van der Waals surface area contributed by atoms with E-state index >= 15 is 0 Å². The van der Waals surface area contributed by atoms with Gasteiger partial charge in [0.25, 0.3) is 0 Å². The molecule has 1 aliphatic carbocycles. The van der Waals surface area contributed by atoms with Crippen molar-refractivity contribution >= 4 is 10.8 Å². The predicted octanol–water partition coefficient (Wildman–Crippen LogP) is 4.21. The average molecular weight is 254 g/mol. The molecule has 2 aromatic rings. The summed E-state index contributed by atoms with van der Waals surface area (Å²) >= 11 is 0. The molecule has 100 valence electrons. The Labute approximate surface area is 115 Å². The van der Waals surface area contributed by atoms with E-state index in [0.29, 0.717) is 5.41 Å². The van der Waals surface area contributed by atoms with Crippen LogP contribution in [0.15, 0.2) is 36.7 Å². The number of rotatable bonds is 3. The van der Waals surface area contributed by atoms with Gasteiger partial charge in [0.1, 0.15) is 0 Å². The largest absolute Gasteiger partial charge is 0.323 e. The molecule has 0 radical (unpaired) electrons. The van der Waals surface area contributed by atoms with Crippen LogP contribution in [-0.4, -0.2) is 4.98 Å². The summed E-state index contributed by atoms with van der Waals surface area (Å²) < 4.78 is 0. The fraction of sp³-hybridized carbons (Fsp3) is 0.471. The number of nitrogens with two attached hydrogens (primary N) is 1. The molecule has 0 amide bonds. The summed E-state index contributed by atoms with van der Waals surface area (Å²) in [6.45, 7) is 2.29. The van der Waals surface area contributed by atoms with Crippen LogP contribution in [0, 0.1) is 5.41 Å². The highest BCUT2D eigenvalue weighted by Crippen LogP contribution is 2.49. The fourth-order valence-electron chi connectivity index (χ4n) is 3.70. The van der Waals surface area contributed by atoms with E-state index in [0.717, 1.165) is 0 Å². The Kier molecular flexibility index (Phi) is 3.28. The lowest BCUT2D eigenvalue weighted by atomic mass is 9.73. The van der Waals surface area contributed by atoms with Gasteiger partial charge in [0.05, 0.1) is 0 Å². The number of hydrogen-bond donors (Lipinski definition) is 1. The molecule has 2 N–H and O–H groups in total. The average Bonchev–Trinajstić information content (AvgIpc) is 2.96. The van der Waals surface area contributed by atoms with Gasteiger partial charge in [-0.15, -0.1) is 0 Å². The summed E-state index contributed by atoms with van der Waals surface area (Å²) in [5.41, 5.74) is 8.25. The van der Waals surface area contributed by atoms with Gasteiger partial charge >= 0.3 is 0 Å². The van der Waals surface area contributed by atoms with Crippen molar-refractivity contribution in [3.63, 3.8) is 0 Å². The molecule has 1 unspecified atom stereocenters. The molecule has 1 heterocycles. The van der Waals surface area contributed by atoms with Gasteiger partial charge < -0.3 is 5.73 Å². The van der Waals surface area contributed by atoms with E-state index < -0.39 is 0 Å². The van der Waals surface area contributed by atoms with Gasteiger partial charge in [-0.3, -0.25) is 4.98 Å². The van der Waals surface area contributed by atoms with Gasteiger partial charge in [0.15, 0.2) is 0 Å². The Hall–Kier alpha value is -1.41. The molecule has 1 atom stereocenters. The van der Waals surface area contributed by atoms with E-state index in [9.17, 15) is 0 Å². The number of pyridine rings is 1. The fourth-order valence-corrected chi connectivity index (χ4v) is 3.70. The molecular weight excluding hydrogens is 232 g/mol. The maximum Gasteiger partial charge on any atom is 0.0358 e. The van der Waals surface area contributed by atoms with Crippen LogP contribution >= 0.6 is 0 Å². The van der Waals surface area contributed by atoms with Crippen molar-refractivity contribution in [2.24, 2.45) is 11.1 Å². The molecule has 1 aromatic carbocycles. The molecule has 2 heteroatoms. The molecular formula is C17H22N2. The Morgan fingerprint density at radius 2 is 2.05 bits per heavy atom. The van der Waals surface area contributed by atoms with E-state index in [-0.39, 0.29) is 6.04 Å². The Bertz CT molecular complexity index is 565. The molecule has 3 rings (SSSR count). The second-order valence-corrected chi connectivity index (χ2v) is 5.84. The molecule has 19 heavy (non-hydrogen) atoms. The maximum absolute atomic E-state index is 6.68. The van der Waals surface area contributed by atoms with Crippen molar-refractivity contribution in [1.82, 2.24) is 4.98 Å². The quantitative estimate of drug-likeness (QED) is 0.891. The molecule has 0 spiro atoms. The second kappa shape index (κ2) is 4.93. The third kappa shape index (κ3) is 2.04. The zero-order valence-electron chi connectivity index (χ0n) is 11.6. The third-order valence-corrected chi connectivity index (χ3v) is 5.02. The van der Waals surface area contributed by atoms with Gasteiger partial charge in [-0.2, -0.15) is 0 Å². The first-order valence-electron chi connectivity index (χ1n) is 7.35. The minimum Gasteiger partial charge on any atom is -0.323 e. The Morgan fingerprint density at radius 1 is 1.26 bits per heavy atom. The summed E-state index contributed by atoms with van der Waals surface area (Å²) in [4.78, 5) is 4.28. The van der Waals surface area contributed by atoms with Crippen LogP contribution in [0.3, 0.4) is 0 Å². The van der Waals surface area contributed by atoms with E-state index in [1.165, 1.54) is 48.4 Å². The molecule has 1 fully saturated rings. The van der Waals surface area contributed by atoms with E-state index in [4.69, 9.17) is 5.73 Å². The van der Waals surface area contributed by atoms with Crippen LogP contribution in [0.5, 0.6) is 0 Å².